The van der Waals surface area contributed by atoms with Crippen LogP contribution in [0.1, 0.15) is 22.7 Å². The van der Waals surface area contributed by atoms with Crippen molar-refractivity contribution in [2.24, 2.45) is 0 Å². The molecule has 0 radical (unpaired) electrons. The Morgan fingerprint density at radius 2 is 1.54 bits per heavy atom. The van der Waals surface area contributed by atoms with E-state index in [0.29, 0.717) is 39.6 Å². The van der Waals surface area contributed by atoms with Crippen LogP contribution in [-0.2, 0) is 9.59 Å². The lowest BCUT2D eigenvalue weighted by atomic mass is 9.93. The molecule has 0 bridgehead atoms. The average molecular weight is 503 g/mol. The summed E-state index contributed by atoms with van der Waals surface area (Å²) in [6, 6.07) is 16.7. The van der Waals surface area contributed by atoms with Crippen LogP contribution in [0.25, 0.3) is 5.76 Å². The number of carbonyl (C=O) groups excluding carboxylic acids is 2. The first-order chi connectivity index (χ1) is 17.7. The Hall–Kier alpha value is -4.46. The number of anilines is 2. The first-order valence-electron chi connectivity index (χ1n) is 11.7. The maximum Gasteiger partial charge on any atom is 0.300 e. The predicted molar refractivity (Wildman–Crippen MR) is 143 cm³/mol. The highest BCUT2D eigenvalue weighted by molar-refractivity contribution is 6.51. The Morgan fingerprint density at radius 3 is 2.11 bits per heavy atom. The quantitative estimate of drug-likeness (QED) is 0.284. The number of hydrogen-bond acceptors (Lipinski definition) is 7. The summed E-state index contributed by atoms with van der Waals surface area (Å²) in [7, 11) is 8.43. The Balaban J connectivity index is 1.95. The molecular formula is C29H30N2O6. The van der Waals surface area contributed by atoms with E-state index in [2.05, 4.69) is 0 Å². The third-order valence-electron chi connectivity index (χ3n) is 6.50. The van der Waals surface area contributed by atoms with Crippen LogP contribution >= 0.6 is 0 Å². The van der Waals surface area contributed by atoms with Gasteiger partial charge in [0.15, 0.2) is 11.5 Å². The summed E-state index contributed by atoms with van der Waals surface area (Å²) in [4.78, 5) is 30.3. The fraction of sp³-hybridized carbons (Fsp3) is 0.241. The lowest BCUT2D eigenvalue weighted by molar-refractivity contribution is -0.132. The molecule has 4 rings (SSSR count). The highest BCUT2D eigenvalue weighted by Gasteiger charge is 2.47. The second-order valence-electron chi connectivity index (χ2n) is 8.88. The van der Waals surface area contributed by atoms with Gasteiger partial charge < -0.3 is 24.2 Å². The third kappa shape index (κ3) is 4.58. The molecule has 1 N–H and O–H groups in total. The zero-order chi connectivity index (χ0) is 26.9. The maximum absolute atomic E-state index is 13.5. The molecule has 3 aromatic rings. The number of ether oxygens (including phenoxy) is 3. The van der Waals surface area contributed by atoms with Crippen LogP contribution in [-0.4, -0.2) is 52.2 Å². The average Bonchev–Trinajstić information content (AvgIpc) is 3.17. The molecule has 1 aliphatic rings. The number of aryl methyl sites for hydroxylation is 1. The van der Waals surface area contributed by atoms with Gasteiger partial charge in [-0.1, -0.05) is 6.07 Å². The number of nitrogens with zero attached hydrogens (tertiary/aromatic N) is 2. The second-order valence-corrected chi connectivity index (χ2v) is 8.88. The molecule has 1 saturated heterocycles. The molecule has 37 heavy (non-hydrogen) atoms. The van der Waals surface area contributed by atoms with E-state index in [1.807, 2.05) is 31.1 Å². The van der Waals surface area contributed by atoms with Gasteiger partial charge in [0.25, 0.3) is 11.7 Å². The first kappa shape index (κ1) is 25.6. The Bertz CT molecular complexity index is 1380. The number of rotatable bonds is 7. The number of amides is 1. The summed E-state index contributed by atoms with van der Waals surface area (Å²) in [5.41, 5.74) is 3.18. The van der Waals surface area contributed by atoms with Crippen molar-refractivity contribution in [2.45, 2.75) is 13.0 Å². The Morgan fingerprint density at radius 1 is 0.865 bits per heavy atom. The minimum absolute atomic E-state index is 0.0119. The molecule has 0 spiro atoms. The molecule has 0 aromatic heterocycles. The number of aliphatic hydroxyl groups is 1. The maximum atomic E-state index is 13.5. The van der Waals surface area contributed by atoms with Gasteiger partial charge >= 0.3 is 0 Å². The fourth-order valence-electron chi connectivity index (χ4n) is 4.52. The summed E-state index contributed by atoms with van der Waals surface area (Å²) < 4.78 is 16.1. The molecule has 1 amide bonds. The van der Waals surface area contributed by atoms with E-state index in [4.69, 9.17) is 14.2 Å². The molecule has 1 unspecified atom stereocenters. The van der Waals surface area contributed by atoms with E-state index in [-0.39, 0.29) is 11.3 Å². The summed E-state index contributed by atoms with van der Waals surface area (Å²) in [6.07, 6.45) is 0. The summed E-state index contributed by atoms with van der Waals surface area (Å²) in [6.45, 7) is 1.80. The van der Waals surface area contributed by atoms with Crippen molar-refractivity contribution < 1.29 is 28.9 Å². The standard InChI is InChI=1S/C29H30N2O6/c1-17-15-21(35-4)12-13-22(17)27(32)25-26(18-7-14-23(36-5)24(16-18)37-6)31(29(34)28(25)33)20-10-8-19(9-11-20)30(2)3/h7-16,26,32H,1-6H3/b27-25+. The SMILES string of the molecule is COc1ccc(/C(O)=C2\C(=O)C(=O)N(c3ccc(N(C)C)cc3)C2c2ccc(OC)c(OC)c2)c(C)c1. The zero-order valence-electron chi connectivity index (χ0n) is 21.7. The number of hydrogen-bond donors (Lipinski definition) is 1. The predicted octanol–water partition coefficient (Wildman–Crippen LogP) is 4.71. The van der Waals surface area contributed by atoms with Gasteiger partial charge in [-0.3, -0.25) is 14.5 Å². The lowest BCUT2D eigenvalue weighted by Crippen LogP contribution is -2.29. The largest absolute Gasteiger partial charge is 0.507 e. The monoisotopic (exact) mass is 502 g/mol. The van der Waals surface area contributed by atoms with Crippen molar-refractivity contribution >= 4 is 28.8 Å². The van der Waals surface area contributed by atoms with Crippen molar-refractivity contribution in [3.63, 3.8) is 0 Å². The highest BCUT2D eigenvalue weighted by atomic mass is 16.5. The van der Waals surface area contributed by atoms with Gasteiger partial charge in [-0.25, -0.2) is 0 Å². The van der Waals surface area contributed by atoms with Crippen LogP contribution in [0.5, 0.6) is 17.2 Å². The molecular weight excluding hydrogens is 472 g/mol. The fourth-order valence-corrected chi connectivity index (χ4v) is 4.52. The molecule has 8 nitrogen and oxygen atoms in total. The summed E-state index contributed by atoms with van der Waals surface area (Å²) >= 11 is 0. The highest BCUT2D eigenvalue weighted by Crippen LogP contribution is 2.44. The van der Waals surface area contributed by atoms with Gasteiger partial charge in [-0.15, -0.1) is 0 Å². The number of Topliss-reactive ketones (excluding diaryl/α,β-unsaturated/α-hetero) is 1. The molecule has 8 heteroatoms. The van der Waals surface area contributed by atoms with E-state index in [1.165, 1.54) is 19.1 Å². The third-order valence-corrected chi connectivity index (χ3v) is 6.50. The normalized spacial score (nSPS) is 16.6. The van der Waals surface area contributed by atoms with Crippen LogP contribution in [0.3, 0.4) is 0 Å². The summed E-state index contributed by atoms with van der Waals surface area (Å²) in [5, 5.41) is 11.5. The second kappa shape index (κ2) is 10.3. The number of carbonyl (C=O) groups is 2. The zero-order valence-corrected chi connectivity index (χ0v) is 21.7. The smallest absolute Gasteiger partial charge is 0.300 e. The van der Waals surface area contributed by atoms with Crippen molar-refractivity contribution in [3.8, 4) is 17.2 Å². The van der Waals surface area contributed by atoms with Gasteiger partial charge in [-0.05, 0) is 72.6 Å². The first-order valence-corrected chi connectivity index (χ1v) is 11.7. The Kier molecular flexibility index (Phi) is 7.11. The van der Waals surface area contributed by atoms with E-state index < -0.39 is 17.7 Å². The van der Waals surface area contributed by atoms with E-state index in [0.717, 1.165) is 5.69 Å². The van der Waals surface area contributed by atoms with Crippen molar-refractivity contribution in [1.82, 2.24) is 0 Å². The number of benzene rings is 3. The van der Waals surface area contributed by atoms with E-state index >= 15 is 0 Å². The molecule has 0 saturated carbocycles. The molecule has 1 aliphatic heterocycles. The number of aliphatic hydroxyl groups excluding tert-OH is 1. The molecule has 3 aromatic carbocycles. The number of methoxy groups -OCH3 is 3. The van der Waals surface area contributed by atoms with E-state index in [1.54, 1.807) is 62.6 Å². The Labute approximate surface area is 216 Å². The van der Waals surface area contributed by atoms with Gasteiger partial charge in [0.2, 0.25) is 0 Å². The molecule has 1 atom stereocenters. The lowest BCUT2D eigenvalue weighted by Gasteiger charge is -2.26. The van der Waals surface area contributed by atoms with Crippen LogP contribution in [0.15, 0.2) is 66.2 Å². The van der Waals surface area contributed by atoms with Gasteiger partial charge in [0.1, 0.15) is 11.5 Å². The van der Waals surface area contributed by atoms with Crippen molar-refractivity contribution in [1.29, 1.82) is 0 Å². The van der Waals surface area contributed by atoms with Crippen molar-refractivity contribution in [2.75, 3.05) is 45.2 Å². The molecule has 192 valence electrons. The molecule has 0 aliphatic carbocycles. The van der Waals surface area contributed by atoms with Gasteiger partial charge in [0.05, 0.1) is 32.9 Å². The minimum Gasteiger partial charge on any atom is -0.507 e. The van der Waals surface area contributed by atoms with Crippen LogP contribution < -0.4 is 24.0 Å². The number of ketones is 1. The van der Waals surface area contributed by atoms with Crippen LogP contribution in [0.4, 0.5) is 11.4 Å². The van der Waals surface area contributed by atoms with Crippen molar-refractivity contribution in [3.05, 3.63) is 82.9 Å². The molecule has 1 heterocycles. The minimum atomic E-state index is -0.897. The molecule has 1 fully saturated rings. The van der Waals surface area contributed by atoms with E-state index in [9.17, 15) is 14.7 Å². The van der Waals surface area contributed by atoms with Gasteiger partial charge in [0, 0.05) is 31.0 Å². The topological polar surface area (TPSA) is 88.5 Å². The van der Waals surface area contributed by atoms with Gasteiger partial charge in [-0.2, -0.15) is 0 Å². The van der Waals surface area contributed by atoms with Crippen LogP contribution in [0.2, 0.25) is 0 Å². The van der Waals surface area contributed by atoms with Crippen LogP contribution in [0, 0.1) is 6.92 Å². The summed E-state index contributed by atoms with van der Waals surface area (Å²) in [5.74, 6) is -0.203.